The minimum absolute atomic E-state index is 0.362. The second-order valence-electron chi connectivity index (χ2n) is 5.65. The molecule has 1 aromatic heterocycles. The molecule has 1 N–H and O–H groups in total. The largest absolute Gasteiger partial charge is 0.497 e. The van der Waals surface area contributed by atoms with Gasteiger partial charge < -0.3 is 4.74 Å². The number of quaternary nitrogens is 1. The lowest BCUT2D eigenvalue weighted by molar-refractivity contribution is 0.411. The van der Waals surface area contributed by atoms with Gasteiger partial charge in [-0.15, -0.1) is 4.59 Å². The van der Waals surface area contributed by atoms with E-state index < -0.39 is 0 Å². The summed E-state index contributed by atoms with van der Waals surface area (Å²) in [5, 5.41) is 12.9. The Morgan fingerprint density at radius 3 is 2.83 bits per heavy atom. The number of nitrogens with one attached hydrogen (secondary N) is 1. The highest BCUT2D eigenvalue weighted by atomic mass is 16.5. The number of aromatic nitrogens is 2. The van der Waals surface area contributed by atoms with E-state index in [-0.39, 0.29) is 0 Å². The first-order valence-corrected chi connectivity index (χ1v) is 7.42. The van der Waals surface area contributed by atoms with Gasteiger partial charge in [0.2, 0.25) is 0 Å². The van der Waals surface area contributed by atoms with Crippen molar-refractivity contribution >= 4 is 22.8 Å². The molecule has 3 aromatic rings. The quantitative estimate of drug-likeness (QED) is 0.750. The lowest BCUT2D eigenvalue weighted by Gasteiger charge is -2.23. The zero-order chi connectivity index (χ0) is 15.9. The monoisotopic (exact) mass is 305 g/mol. The van der Waals surface area contributed by atoms with Crippen molar-refractivity contribution in [1.29, 1.82) is 0 Å². The molecule has 23 heavy (non-hydrogen) atoms. The maximum absolute atomic E-state index is 5.42. The number of ether oxygens (including phenoxy) is 1. The van der Waals surface area contributed by atoms with Crippen molar-refractivity contribution in [3.63, 3.8) is 0 Å². The molecule has 114 valence electrons. The molecule has 0 radical (unpaired) electrons. The normalized spacial score (nSPS) is 19.6. The number of H-pyrrole nitrogens is 1. The predicted molar refractivity (Wildman–Crippen MR) is 93.4 cm³/mol. The summed E-state index contributed by atoms with van der Waals surface area (Å²) in [6.07, 6.45) is 7.69. The average Bonchev–Trinajstić information content (AvgIpc) is 3.23. The van der Waals surface area contributed by atoms with Crippen molar-refractivity contribution < 1.29 is 4.74 Å². The molecule has 1 aliphatic heterocycles. The van der Waals surface area contributed by atoms with E-state index in [1.165, 1.54) is 0 Å². The molecule has 0 saturated carbocycles. The van der Waals surface area contributed by atoms with Crippen molar-refractivity contribution in [1.82, 2.24) is 14.8 Å². The van der Waals surface area contributed by atoms with Gasteiger partial charge in [-0.3, -0.25) is 5.10 Å². The van der Waals surface area contributed by atoms with Gasteiger partial charge in [0.25, 0.3) is 0 Å². The fourth-order valence-electron chi connectivity index (χ4n) is 3.01. The van der Waals surface area contributed by atoms with Crippen LogP contribution < -0.4 is 9.33 Å². The van der Waals surface area contributed by atoms with Crippen LogP contribution in [0.5, 0.6) is 5.75 Å². The van der Waals surface area contributed by atoms with Crippen LogP contribution in [0, 0.1) is 0 Å². The summed E-state index contributed by atoms with van der Waals surface area (Å²) >= 11 is 0. The molecule has 0 saturated heterocycles. The van der Waals surface area contributed by atoms with Crippen LogP contribution in [0.1, 0.15) is 0 Å². The summed E-state index contributed by atoms with van der Waals surface area (Å²) in [4.78, 5) is 0. The van der Waals surface area contributed by atoms with Crippen LogP contribution in [-0.4, -0.2) is 30.6 Å². The number of methoxy groups -OCH3 is 1. The van der Waals surface area contributed by atoms with Gasteiger partial charge >= 0.3 is 0 Å². The van der Waals surface area contributed by atoms with E-state index in [0.29, 0.717) is 4.59 Å². The molecule has 1 atom stereocenters. The zero-order valence-electron chi connectivity index (χ0n) is 13.0. The fourth-order valence-corrected chi connectivity index (χ4v) is 3.01. The SMILES string of the molecule is COc1ccc(-c2cccc3[nH]ncc23)c([N+]2(C)C=CC=N2)c1. The number of fused-ring (bicyclic) bond motifs is 1. The Labute approximate surface area is 134 Å². The van der Waals surface area contributed by atoms with Gasteiger partial charge in [-0.05, 0) is 23.8 Å². The molecular weight excluding hydrogens is 288 g/mol. The van der Waals surface area contributed by atoms with Gasteiger partial charge in [0.05, 0.1) is 25.0 Å². The van der Waals surface area contributed by atoms with Crippen LogP contribution >= 0.6 is 0 Å². The van der Waals surface area contributed by atoms with E-state index in [9.17, 15) is 0 Å². The first-order chi connectivity index (χ1) is 11.2. The minimum atomic E-state index is 0.362. The number of aromatic amines is 1. The van der Waals surface area contributed by atoms with Crippen molar-refractivity contribution in [2.24, 2.45) is 5.10 Å². The van der Waals surface area contributed by atoms with Gasteiger partial charge in [0.1, 0.15) is 19.0 Å². The van der Waals surface area contributed by atoms with Crippen molar-refractivity contribution in [2.45, 2.75) is 0 Å². The van der Waals surface area contributed by atoms with Crippen molar-refractivity contribution in [3.8, 4) is 16.9 Å². The number of allylic oxidation sites excluding steroid dienone is 1. The van der Waals surface area contributed by atoms with Crippen LogP contribution in [-0.2, 0) is 0 Å². The molecule has 2 heterocycles. The molecule has 0 aliphatic carbocycles. The lowest BCUT2D eigenvalue weighted by atomic mass is 9.99. The van der Waals surface area contributed by atoms with E-state index in [4.69, 9.17) is 4.74 Å². The summed E-state index contributed by atoms with van der Waals surface area (Å²) in [6.45, 7) is 0. The molecule has 0 amide bonds. The molecule has 0 bridgehead atoms. The number of hydrogen-bond acceptors (Lipinski definition) is 3. The Bertz CT molecular complexity index is 927. The molecule has 5 nitrogen and oxygen atoms in total. The van der Waals surface area contributed by atoms with Crippen LogP contribution in [0.25, 0.3) is 22.0 Å². The third-order valence-corrected chi connectivity index (χ3v) is 4.24. The summed E-state index contributed by atoms with van der Waals surface area (Å²) in [5.41, 5.74) is 4.32. The van der Waals surface area contributed by atoms with Gasteiger partial charge in [-0.25, -0.2) is 0 Å². The Hall–Kier alpha value is -2.92. The minimum Gasteiger partial charge on any atom is -0.497 e. The van der Waals surface area contributed by atoms with Gasteiger partial charge in [-0.2, -0.15) is 5.10 Å². The van der Waals surface area contributed by atoms with Crippen LogP contribution in [0.4, 0.5) is 5.69 Å². The third kappa shape index (κ3) is 2.13. The van der Waals surface area contributed by atoms with E-state index in [1.54, 1.807) is 7.11 Å². The van der Waals surface area contributed by atoms with Crippen molar-refractivity contribution in [2.75, 3.05) is 14.2 Å². The standard InChI is InChI=1S/C18H17N4O/c1-22(10-4-9-20-22)18-11-13(23-2)7-8-15(18)14-5-3-6-17-16(14)12-19-21-17/h3-12H,1-2H3,(H,19,21)/q+1. The maximum atomic E-state index is 5.42. The third-order valence-electron chi connectivity index (χ3n) is 4.24. The Balaban J connectivity index is 2.00. The fraction of sp³-hybridized carbons (Fsp3) is 0.111. The lowest BCUT2D eigenvalue weighted by Crippen LogP contribution is -2.30. The van der Waals surface area contributed by atoms with Gasteiger partial charge in [0, 0.05) is 23.1 Å². The molecule has 0 fully saturated rings. The maximum Gasteiger partial charge on any atom is 0.175 e. The smallest absolute Gasteiger partial charge is 0.175 e. The molecule has 2 aromatic carbocycles. The summed E-state index contributed by atoms with van der Waals surface area (Å²) in [6, 6.07) is 12.3. The predicted octanol–water partition coefficient (Wildman–Crippen LogP) is 3.69. The highest BCUT2D eigenvalue weighted by molar-refractivity contribution is 5.98. The van der Waals surface area contributed by atoms with Crippen LogP contribution in [0.15, 0.2) is 60.0 Å². The van der Waals surface area contributed by atoms with E-state index in [1.807, 2.05) is 56.0 Å². The van der Waals surface area contributed by atoms with Crippen LogP contribution in [0.2, 0.25) is 0 Å². The molecular formula is C18H17N4O+. The van der Waals surface area contributed by atoms with E-state index in [0.717, 1.165) is 33.5 Å². The Morgan fingerprint density at radius 2 is 2.04 bits per heavy atom. The van der Waals surface area contributed by atoms with Gasteiger partial charge in [-0.1, -0.05) is 17.2 Å². The first-order valence-electron chi connectivity index (χ1n) is 7.42. The highest BCUT2D eigenvalue weighted by Crippen LogP contribution is 2.40. The summed E-state index contributed by atoms with van der Waals surface area (Å²) in [7, 11) is 3.73. The zero-order valence-corrected chi connectivity index (χ0v) is 13.0. The van der Waals surface area contributed by atoms with E-state index in [2.05, 4.69) is 27.4 Å². The summed E-state index contributed by atoms with van der Waals surface area (Å²) < 4.78 is 5.78. The number of rotatable bonds is 3. The molecule has 4 rings (SSSR count). The Kier molecular flexibility index (Phi) is 3.02. The van der Waals surface area contributed by atoms with Crippen LogP contribution in [0.3, 0.4) is 0 Å². The van der Waals surface area contributed by atoms with Gasteiger partial charge in [0.15, 0.2) is 5.69 Å². The number of benzene rings is 2. The number of hydrogen-bond donors (Lipinski definition) is 1. The topological polar surface area (TPSA) is 50.3 Å². The first kappa shape index (κ1) is 13.7. The second-order valence-corrected chi connectivity index (χ2v) is 5.65. The average molecular weight is 305 g/mol. The Morgan fingerprint density at radius 1 is 1.13 bits per heavy atom. The summed E-state index contributed by atoms with van der Waals surface area (Å²) in [5.74, 6) is 0.818. The molecule has 5 heteroatoms. The molecule has 1 unspecified atom stereocenters. The number of nitrogens with zero attached hydrogens (tertiary/aromatic N) is 3. The molecule has 0 spiro atoms. The second kappa shape index (κ2) is 5.07. The highest BCUT2D eigenvalue weighted by Gasteiger charge is 2.29. The van der Waals surface area contributed by atoms with Crippen molar-refractivity contribution in [3.05, 3.63) is 54.9 Å². The van der Waals surface area contributed by atoms with E-state index >= 15 is 0 Å². The molecule has 1 aliphatic rings.